The fraction of sp³-hybridized carbons (Fsp3) is 0.462. The minimum Gasteiger partial charge on any atom is -0.391 e. The number of sulfone groups is 1. The van der Waals surface area contributed by atoms with Crippen LogP contribution in [0.2, 0.25) is 5.02 Å². The molecule has 1 aromatic carbocycles. The maximum absolute atomic E-state index is 11.9. The summed E-state index contributed by atoms with van der Waals surface area (Å²) in [6, 6.07) is 4.08. The third-order valence-electron chi connectivity index (χ3n) is 3.23. The predicted molar refractivity (Wildman–Crippen MR) is 75.6 cm³/mol. The van der Waals surface area contributed by atoms with Gasteiger partial charge in [-0.15, -0.1) is 0 Å². The Morgan fingerprint density at radius 3 is 2.70 bits per heavy atom. The second kappa shape index (κ2) is 5.71. The fourth-order valence-corrected chi connectivity index (χ4v) is 3.18. The summed E-state index contributed by atoms with van der Waals surface area (Å²) in [6.07, 6.45) is 2.46. The smallest absolute Gasteiger partial charge is 0.251 e. The Kier molecular flexibility index (Phi) is 4.36. The van der Waals surface area contributed by atoms with Crippen molar-refractivity contribution in [2.24, 2.45) is 5.92 Å². The molecule has 1 atom stereocenters. The standard InChI is InChI=1S/C13H16ClNO4S/c1-20(18,19)12-6-9(4-5-10(12)14)13(17)15-7-11(16)8-2-3-8/h4-6,8,11,16H,2-3,7H2,1H3,(H,15,17). The van der Waals surface area contributed by atoms with Crippen LogP contribution >= 0.6 is 11.6 Å². The first kappa shape index (κ1) is 15.3. The fourth-order valence-electron chi connectivity index (χ4n) is 1.88. The average Bonchev–Trinajstić information content (AvgIpc) is 3.18. The maximum atomic E-state index is 11.9. The van der Waals surface area contributed by atoms with E-state index in [-0.39, 0.29) is 27.9 Å². The summed E-state index contributed by atoms with van der Waals surface area (Å²) in [4.78, 5) is 11.8. The van der Waals surface area contributed by atoms with Gasteiger partial charge >= 0.3 is 0 Å². The highest BCUT2D eigenvalue weighted by Gasteiger charge is 2.29. The molecule has 1 amide bonds. The van der Waals surface area contributed by atoms with Crippen molar-refractivity contribution in [2.75, 3.05) is 12.8 Å². The number of benzene rings is 1. The van der Waals surface area contributed by atoms with Crippen molar-refractivity contribution in [3.8, 4) is 0 Å². The van der Waals surface area contributed by atoms with Crippen LogP contribution in [0.1, 0.15) is 23.2 Å². The van der Waals surface area contributed by atoms with Gasteiger partial charge in [-0.25, -0.2) is 8.42 Å². The number of halogens is 1. The molecule has 0 aromatic heterocycles. The van der Waals surface area contributed by atoms with Crippen molar-refractivity contribution in [3.63, 3.8) is 0 Å². The third-order valence-corrected chi connectivity index (χ3v) is 4.81. The molecule has 0 bridgehead atoms. The Bertz CT molecular complexity index is 625. The Morgan fingerprint density at radius 2 is 2.15 bits per heavy atom. The van der Waals surface area contributed by atoms with Gasteiger partial charge in [0.05, 0.1) is 16.0 Å². The largest absolute Gasteiger partial charge is 0.391 e. The number of amides is 1. The molecule has 1 aliphatic carbocycles. The van der Waals surface area contributed by atoms with Gasteiger partial charge in [0.15, 0.2) is 9.84 Å². The van der Waals surface area contributed by atoms with Gasteiger partial charge in [0, 0.05) is 18.4 Å². The summed E-state index contributed by atoms with van der Waals surface area (Å²) in [5.74, 6) is -0.154. The van der Waals surface area contributed by atoms with Gasteiger partial charge in [0.25, 0.3) is 5.91 Å². The molecule has 2 rings (SSSR count). The number of nitrogens with one attached hydrogen (secondary N) is 1. The number of hydrogen-bond donors (Lipinski definition) is 2. The van der Waals surface area contributed by atoms with Crippen LogP contribution in [0.3, 0.4) is 0 Å². The lowest BCUT2D eigenvalue weighted by atomic mass is 10.2. The van der Waals surface area contributed by atoms with Crippen LogP contribution in [0.5, 0.6) is 0 Å². The lowest BCUT2D eigenvalue weighted by Gasteiger charge is -2.11. The zero-order valence-electron chi connectivity index (χ0n) is 11.0. The monoisotopic (exact) mass is 317 g/mol. The first-order valence-corrected chi connectivity index (χ1v) is 8.52. The van der Waals surface area contributed by atoms with Crippen LogP contribution in [-0.4, -0.2) is 38.3 Å². The molecule has 0 aliphatic heterocycles. The minimum absolute atomic E-state index is 0.0745. The summed E-state index contributed by atoms with van der Waals surface area (Å²) in [7, 11) is -3.49. The lowest BCUT2D eigenvalue weighted by Crippen LogP contribution is -2.33. The van der Waals surface area contributed by atoms with Crippen LogP contribution < -0.4 is 5.32 Å². The van der Waals surface area contributed by atoms with Crippen LogP contribution in [0, 0.1) is 5.92 Å². The Labute approximate surface area is 122 Å². The van der Waals surface area contributed by atoms with Gasteiger partial charge in [0.1, 0.15) is 0 Å². The molecule has 1 fully saturated rings. The van der Waals surface area contributed by atoms with E-state index in [9.17, 15) is 18.3 Å². The van der Waals surface area contributed by atoms with Crippen LogP contribution in [0.4, 0.5) is 0 Å². The number of hydrogen-bond acceptors (Lipinski definition) is 4. The van der Waals surface area contributed by atoms with Gasteiger partial charge < -0.3 is 10.4 Å². The van der Waals surface area contributed by atoms with Crippen molar-refractivity contribution < 1.29 is 18.3 Å². The van der Waals surface area contributed by atoms with E-state index in [4.69, 9.17) is 11.6 Å². The van der Waals surface area contributed by atoms with Crippen molar-refractivity contribution in [1.82, 2.24) is 5.32 Å². The van der Waals surface area contributed by atoms with E-state index in [0.717, 1.165) is 19.1 Å². The van der Waals surface area contributed by atoms with Gasteiger partial charge in [-0.05, 0) is 37.0 Å². The average molecular weight is 318 g/mol. The van der Waals surface area contributed by atoms with Crippen molar-refractivity contribution >= 4 is 27.3 Å². The molecule has 1 unspecified atom stereocenters. The molecule has 1 saturated carbocycles. The second-order valence-electron chi connectivity index (χ2n) is 5.03. The highest BCUT2D eigenvalue weighted by Crippen LogP contribution is 2.32. The molecule has 5 nitrogen and oxygen atoms in total. The molecule has 0 spiro atoms. The van der Waals surface area contributed by atoms with Crippen LogP contribution in [0.25, 0.3) is 0 Å². The number of carbonyl (C=O) groups excluding carboxylic acids is 1. The van der Waals surface area contributed by atoms with E-state index in [1.165, 1.54) is 18.2 Å². The molecule has 2 N–H and O–H groups in total. The molecule has 0 heterocycles. The molecule has 0 saturated heterocycles. The number of aliphatic hydroxyl groups is 1. The molecule has 7 heteroatoms. The second-order valence-corrected chi connectivity index (χ2v) is 7.42. The Hall–Kier alpha value is -1.11. The van der Waals surface area contributed by atoms with Crippen molar-refractivity contribution in [1.29, 1.82) is 0 Å². The molecular formula is C13H16ClNO4S. The highest BCUT2D eigenvalue weighted by molar-refractivity contribution is 7.90. The van der Waals surface area contributed by atoms with Crippen molar-refractivity contribution in [3.05, 3.63) is 28.8 Å². The maximum Gasteiger partial charge on any atom is 0.251 e. The van der Waals surface area contributed by atoms with Crippen molar-refractivity contribution in [2.45, 2.75) is 23.8 Å². The SMILES string of the molecule is CS(=O)(=O)c1cc(C(=O)NCC(O)C2CC2)ccc1Cl. The quantitative estimate of drug-likeness (QED) is 0.856. The van der Waals surface area contributed by atoms with Gasteiger partial charge in [-0.3, -0.25) is 4.79 Å². The van der Waals surface area contributed by atoms with Gasteiger partial charge in [-0.2, -0.15) is 0 Å². The first-order valence-electron chi connectivity index (χ1n) is 6.25. The summed E-state index contributed by atoms with van der Waals surface area (Å²) in [5, 5.41) is 12.4. The summed E-state index contributed by atoms with van der Waals surface area (Å²) in [6.45, 7) is 0.167. The van der Waals surface area contributed by atoms with Crippen LogP contribution in [0.15, 0.2) is 23.1 Å². The highest BCUT2D eigenvalue weighted by atomic mass is 35.5. The Morgan fingerprint density at radius 1 is 1.50 bits per heavy atom. The topological polar surface area (TPSA) is 83.5 Å². The zero-order valence-corrected chi connectivity index (χ0v) is 12.5. The predicted octanol–water partition coefficient (Wildman–Crippen LogP) is 1.24. The van der Waals surface area contributed by atoms with E-state index >= 15 is 0 Å². The molecule has 1 aromatic rings. The lowest BCUT2D eigenvalue weighted by molar-refractivity contribution is 0.0901. The van der Waals surface area contributed by atoms with E-state index in [1.807, 2.05) is 0 Å². The summed E-state index contributed by atoms with van der Waals surface area (Å²) < 4.78 is 23.1. The summed E-state index contributed by atoms with van der Waals surface area (Å²) >= 11 is 5.81. The van der Waals surface area contributed by atoms with E-state index in [1.54, 1.807) is 0 Å². The molecule has 110 valence electrons. The van der Waals surface area contributed by atoms with Crippen LogP contribution in [-0.2, 0) is 9.84 Å². The number of aliphatic hydroxyl groups excluding tert-OH is 1. The van der Waals surface area contributed by atoms with Gasteiger partial charge in [0.2, 0.25) is 0 Å². The zero-order chi connectivity index (χ0) is 14.9. The van der Waals surface area contributed by atoms with E-state index < -0.39 is 21.8 Å². The van der Waals surface area contributed by atoms with Gasteiger partial charge in [-0.1, -0.05) is 11.6 Å². The minimum atomic E-state index is -3.49. The first-order chi connectivity index (χ1) is 9.29. The molecule has 0 radical (unpaired) electrons. The number of carbonyl (C=O) groups is 1. The third kappa shape index (κ3) is 3.71. The summed E-state index contributed by atoms with van der Waals surface area (Å²) in [5.41, 5.74) is 0.206. The molecule has 20 heavy (non-hydrogen) atoms. The van der Waals surface area contributed by atoms with E-state index in [0.29, 0.717) is 0 Å². The van der Waals surface area contributed by atoms with E-state index in [2.05, 4.69) is 5.32 Å². The molecule has 1 aliphatic rings. The molecular weight excluding hydrogens is 302 g/mol. The normalized spacial score (nSPS) is 16.8. The Balaban J connectivity index is 2.10. The number of rotatable bonds is 5.